The molecule has 0 bridgehead atoms. The lowest BCUT2D eigenvalue weighted by Crippen LogP contribution is -2.23. The van der Waals surface area contributed by atoms with Crippen molar-refractivity contribution in [3.63, 3.8) is 0 Å². The third-order valence-electron chi connectivity index (χ3n) is 3.18. The third kappa shape index (κ3) is 4.77. The van der Waals surface area contributed by atoms with Gasteiger partial charge in [-0.3, -0.25) is 0 Å². The number of rotatable bonds is 6. The van der Waals surface area contributed by atoms with E-state index in [4.69, 9.17) is 4.74 Å². The molecule has 1 aromatic carbocycles. The molecule has 22 heavy (non-hydrogen) atoms. The smallest absolute Gasteiger partial charge is 0.390 e. The van der Waals surface area contributed by atoms with Gasteiger partial charge in [0, 0.05) is 30.9 Å². The Morgan fingerprint density at radius 1 is 1.32 bits per heavy atom. The molecule has 0 atom stereocenters. The van der Waals surface area contributed by atoms with Crippen LogP contribution in [0.15, 0.2) is 36.7 Å². The van der Waals surface area contributed by atoms with Crippen molar-refractivity contribution >= 4 is 0 Å². The number of hydrogen-bond acceptors (Lipinski definition) is 3. The highest BCUT2D eigenvalue weighted by Gasteiger charge is 2.27. The minimum Gasteiger partial charge on any atom is -0.497 e. The van der Waals surface area contributed by atoms with Crippen molar-refractivity contribution in [2.24, 2.45) is 0 Å². The molecular formula is C15H18F3N3O. The van der Waals surface area contributed by atoms with Crippen molar-refractivity contribution in [2.75, 3.05) is 20.7 Å². The molecule has 0 saturated heterocycles. The van der Waals surface area contributed by atoms with Gasteiger partial charge in [0.2, 0.25) is 0 Å². The monoisotopic (exact) mass is 313 g/mol. The van der Waals surface area contributed by atoms with Gasteiger partial charge in [0.15, 0.2) is 0 Å². The van der Waals surface area contributed by atoms with Crippen molar-refractivity contribution in [3.05, 3.63) is 42.2 Å². The molecule has 0 aliphatic rings. The van der Waals surface area contributed by atoms with E-state index in [0.717, 1.165) is 17.0 Å². The van der Waals surface area contributed by atoms with Crippen molar-refractivity contribution in [1.82, 2.24) is 14.7 Å². The molecule has 0 aliphatic heterocycles. The summed E-state index contributed by atoms with van der Waals surface area (Å²) < 4.78 is 43.4. The zero-order chi connectivity index (χ0) is 16.2. The van der Waals surface area contributed by atoms with E-state index in [-0.39, 0.29) is 6.54 Å². The van der Waals surface area contributed by atoms with E-state index in [2.05, 4.69) is 5.10 Å². The molecule has 0 spiro atoms. The Bertz CT molecular complexity index is 610. The number of nitrogens with zero attached hydrogens (tertiary/aromatic N) is 3. The molecule has 120 valence electrons. The standard InChI is InChI=1S/C15H18F3N3O/c1-20(7-6-15(16,17)18)10-12-9-19-21(11-12)13-4-3-5-14(8-13)22-2/h3-5,8-9,11H,6-7,10H2,1-2H3. The lowest BCUT2D eigenvalue weighted by atomic mass is 10.3. The number of halogens is 3. The van der Waals surface area contributed by atoms with Gasteiger partial charge in [-0.25, -0.2) is 4.68 Å². The fourth-order valence-corrected chi connectivity index (χ4v) is 2.04. The summed E-state index contributed by atoms with van der Waals surface area (Å²) in [5.41, 5.74) is 1.69. The average Bonchev–Trinajstić information content (AvgIpc) is 2.93. The molecule has 0 amide bonds. The summed E-state index contributed by atoms with van der Waals surface area (Å²) in [5, 5.41) is 4.24. The van der Waals surface area contributed by atoms with E-state index in [1.165, 1.54) is 0 Å². The topological polar surface area (TPSA) is 30.3 Å². The Kier molecular flexibility index (Phi) is 5.07. The Labute approximate surface area is 127 Å². The first kappa shape index (κ1) is 16.4. The number of hydrogen-bond donors (Lipinski definition) is 0. The second-order valence-corrected chi connectivity index (χ2v) is 5.10. The van der Waals surface area contributed by atoms with Crippen LogP contribution >= 0.6 is 0 Å². The normalized spacial score (nSPS) is 11.9. The Morgan fingerprint density at radius 2 is 2.09 bits per heavy atom. The first-order valence-corrected chi connectivity index (χ1v) is 6.80. The molecular weight excluding hydrogens is 295 g/mol. The van der Waals surface area contributed by atoms with Gasteiger partial charge in [-0.2, -0.15) is 18.3 Å². The number of alkyl halides is 3. The third-order valence-corrected chi connectivity index (χ3v) is 3.18. The van der Waals surface area contributed by atoms with Crippen LogP contribution in [0, 0.1) is 0 Å². The largest absolute Gasteiger partial charge is 0.497 e. The number of methoxy groups -OCH3 is 1. The highest BCUT2D eigenvalue weighted by Crippen LogP contribution is 2.20. The maximum Gasteiger partial charge on any atom is 0.390 e. The molecule has 1 aromatic heterocycles. The van der Waals surface area contributed by atoms with Gasteiger partial charge in [0.25, 0.3) is 0 Å². The van der Waals surface area contributed by atoms with Gasteiger partial charge in [-0.05, 0) is 19.2 Å². The minimum absolute atomic E-state index is 0.0339. The summed E-state index contributed by atoms with van der Waals surface area (Å²) in [7, 11) is 3.25. The Balaban J connectivity index is 1.99. The molecule has 0 N–H and O–H groups in total. The summed E-state index contributed by atoms with van der Waals surface area (Å²) in [4.78, 5) is 1.63. The lowest BCUT2D eigenvalue weighted by Gasteiger charge is -2.16. The van der Waals surface area contributed by atoms with Crippen LogP contribution in [0.4, 0.5) is 13.2 Å². The molecule has 0 saturated carbocycles. The minimum atomic E-state index is -4.13. The van der Waals surface area contributed by atoms with E-state index < -0.39 is 12.6 Å². The van der Waals surface area contributed by atoms with E-state index in [1.54, 1.807) is 36.1 Å². The van der Waals surface area contributed by atoms with Crippen LogP contribution in [0.3, 0.4) is 0 Å². The average molecular weight is 313 g/mol. The summed E-state index contributed by atoms with van der Waals surface area (Å²) in [6.45, 7) is 0.383. The molecule has 0 unspecified atom stereocenters. The van der Waals surface area contributed by atoms with Crippen LogP contribution in [-0.4, -0.2) is 41.6 Å². The van der Waals surface area contributed by atoms with Crippen LogP contribution in [0.25, 0.3) is 5.69 Å². The lowest BCUT2D eigenvalue weighted by molar-refractivity contribution is -0.137. The van der Waals surface area contributed by atoms with Gasteiger partial charge in [-0.15, -0.1) is 0 Å². The van der Waals surface area contributed by atoms with Crippen LogP contribution in [0.2, 0.25) is 0 Å². The Hall–Kier alpha value is -2.02. The van der Waals surface area contributed by atoms with Gasteiger partial charge in [-0.1, -0.05) is 6.07 Å². The highest BCUT2D eigenvalue weighted by atomic mass is 19.4. The molecule has 0 fully saturated rings. The number of benzene rings is 1. The first-order chi connectivity index (χ1) is 10.4. The molecule has 1 heterocycles. The van der Waals surface area contributed by atoms with Crippen LogP contribution in [0.5, 0.6) is 5.75 Å². The van der Waals surface area contributed by atoms with Crippen molar-refractivity contribution < 1.29 is 17.9 Å². The van der Waals surface area contributed by atoms with Gasteiger partial charge in [0.05, 0.1) is 25.4 Å². The zero-order valence-electron chi connectivity index (χ0n) is 12.5. The van der Waals surface area contributed by atoms with E-state index in [9.17, 15) is 13.2 Å². The number of aromatic nitrogens is 2. The van der Waals surface area contributed by atoms with Gasteiger partial charge >= 0.3 is 6.18 Å². The van der Waals surface area contributed by atoms with E-state index >= 15 is 0 Å². The summed E-state index contributed by atoms with van der Waals surface area (Å²) >= 11 is 0. The molecule has 2 rings (SSSR count). The molecule has 4 nitrogen and oxygen atoms in total. The number of ether oxygens (including phenoxy) is 1. The maximum atomic E-state index is 12.2. The highest BCUT2D eigenvalue weighted by molar-refractivity contribution is 5.38. The molecule has 2 aromatic rings. The molecule has 0 radical (unpaired) electrons. The predicted octanol–water partition coefficient (Wildman–Crippen LogP) is 3.27. The second-order valence-electron chi connectivity index (χ2n) is 5.10. The van der Waals surface area contributed by atoms with Crippen molar-refractivity contribution in [3.8, 4) is 11.4 Å². The summed E-state index contributed by atoms with van der Waals surface area (Å²) in [6, 6.07) is 7.40. The quantitative estimate of drug-likeness (QED) is 0.820. The van der Waals surface area contributed by atoms with Crippen LogP contribution < -0.4 is 4.74 Å². The summed E-state index contributed by atoms with van der Waals surface area (Å²) in [5.74, 6) is 0.719. The second kappa shape index (κ2) is 6.83. The van der Waals surface area contributed by atoms with E-state index in [0.29, 0.717) is 6.54 Å². The van der Waals surface area contributed by atoms with Crippen molar-refractivity contribution in [1.29, 1.82) is 0 Å². The SMILES string of the molecule is COc1cccc(-n2cc(CN(C)CCC(F)(F)F)cn2)c1. The van der Waals surface area contributed by atoms with E-state index in [1.807, 2.05) is 24.3 Å². The molecule has 0 aliphatic carbocycles. The fourth-order valence-electron chi connectivity index (χ4n) is 2.04. The predicted molar refractivity (Wildman–Crippen MR) is 77.1 cm³/mol. The maximum absolute atomic E-state index is 12.2. The van der Waals surface area contributed by atoms with Crippen molar-refractivity contribution in [2.45, 2.75) is 19.1 Å². The first-order valence-electron chi connectivity index (χ1n) is 6.80. The van der Waals surface area contributed by atoms with Crippen LogP contribution in [-0.2, 0) is 6.54 Å². The molecule has 7 heteroatoms. The van der Waals surface area contributed by atoms with Gasteiger partial charge < -0.3 is 9.64 Å². The summed E-state index contributed by atoms with van der Waals surface area (Å²) in [6.07, 6.45) is -1.48. The zero-order valence-corrected chi connectivity index (χ0v) is 12.5. The Morgan fingerprint density at radius 3 is 2.77 bits per heavy atom. The van der Waals surface area contributed by atoms with Gasteiger partial charge in [0.1, 0.15) is 5.75 Å². The fraction of sp³-hybridized carbons (Fsp3) is 0.400. The van der Waals surface area contributed by atoms with Crippen LogP contribution in [0.1, 0.15) is 12.0 Å².